The van der Waals surface area contributed by atoms with Gasteiger partial charge >= 0.3 is 6.61 Å². The van der Waals surface area contributed by atoms with Crippen LogP contribution < -0.4 is 4.74 Å². The molecule has 1 fully saturated rings. The van der Waals surface area contributed by atoms with Gasteiger partial charge in [-0.15, -0.1) is 11.8 Å². The zero-order valence-electron chi connectivity index (χ0n) is 17.8. The van der Waals surface area contributed by atoms with E-state index in [1.165, 1.54) is 18.9 Å². The molecule has 5 rings (SSSR count). The van der Waals surface area contributed by atoms with Gasteiger partial charge in [0.25, 0.3) is 0 Å². The number of benzene rings is 3. The number of hydrogen-bond acceptors (Lipinski definition) is 3. The van der Waals surface area contributed by atoms with Crippen molar-refractivity contribution in [3.05, 3.63) is 75.8 Å². The normalized spacial score (nSPS) is 13.7. The number of nitrogens with one attached hydrogen (secondary N) is 1. The van der Waals surface area contributed by atoms with E-state index in [4.69, 9.17) is 23.2 Å². The van der Waals surface area contributed by atoms with Crippen LogP contribution in [0.4, 0.5) is 13.2 Å². The summed E-state index contributed by atoms with van der Waals surface area (Å²) in [5, 5.41) is 0.448. The Labute approximate surface area is 208 Å². The van der Waals surface area contributed by atoms with E-state index in [2.05, 4.69) is 14.7 Å². The molecule has 1 heterocycles. The summed E-state index contributed by atoms with van der Waals surface area (Å²) >= 11 is 14.8. The van der Waals surface area contributed by atoms with Crippen molar-refractivity contribution in [2.45, 2.75) is 30.8 Å². The fourth-order valence-corrected chi connectivity index (χ4v) is 5.59. The molecule has 0 saturated heterocycles. The number of alkyl halides is 2. The van der Waals surface area contributed by atoms with Crippen molar-refractivity contribution in [3.63, 3.8) is 0 Å². The molecule has 0 spiro atoms. The van der Waals surface area contributed by atoms with Crippen LogP contribution in [0.1, 0.15) is 24.2 Å². The first-order valence-corrected chi connectivity index (χ1v) is 12.4. The van der Waals surface area contributed by atoms with Crippen LogP contribution in [0.5, 0.6) is 5.75 Å². The number of para-hydroxylation sites is 1. The predicted octanol–water partition coefficient (Wildman–Crippen LogP) is 8.37. The molecule has 1 aliphatic carbocycles. The topological polar surface area (TPSA) is 37.9 Å². The highest BCUT2D eigenvalue weighted by Crippen LogP contribution is 2.43. The number of rotatable bonds is 8. The number of imidazole rings is 1. The molecule has 1 N–H and O–H groups in total. The molecule has 0 radical (unpaired) electrons. The molecule has 34 heavy (non-hydrogen) atoms. The Morgan fingerprint density at radius 1 is 1.12 bits per heavy atom. The van der Waals surface area contributed by atoms with Crippen molar-refractivity contribution < 1.29 is 17.9 Å². The van der Waals surface area contributed by atoms with Crippen molar-refractivity contribution >= 4 is 46.0 Å². The molecular formula is C25H19Cl2F3N2OS. The van der Waals surface area contributed by atoms with Crippen LogP contribution in [0.2, 0.25) is 10.0 Å². The van der Waals surface area contributed by atoms with Gasteiger partial charge in [-0.05, 0) is 48.6 Å². The van der Waals surface area contributed by atoms with E-state index in [-0.39, 0.29) is 28.0 Å². The number of H-pyrrole nitrogens is 1. The van der Waals surface area contributed by atoms with E-state index >= 15 is 0 Å². The molecule has 3 nitrogen and oxygen atoms in total. The van der Waals surface area contributed by atoms with Gasteiger partial charge in [0.15, 0.2) is 0 Å². The summed E-state index contributed by atoms with van der Waals surface area (Å²) in [5.74, 6) is 1.97. The van der Waals surface area contributed by atoms with Crippen LogP contribution >= 0.6 is 35.0 Å². The number of thioether (sulfide) groups is 1. The summed E-state index contributed by atoms with van der Waals surface area (Å²) in [6.45, 7) is -2.99. The van der Waals surface area contributed by atoms with E-state index in [1.807, 2.05) is 6.07 Å². The van der Waals surface area contributed by atoms with Crippen molar-refractivity contribution in [2.24, 2.45) is 5.92 Å². The third kappa shape index (κ3) is 5.02. The van der Waals surface area contributed by atoms with Gasteiger partial charge in [0, 0.05) is 28.2 Å². The highest BCUT2D eigenvalue weighted by atomic mass is 35.5. The van der Waals surface area contributed by atoms with Crippen LogP contribution in [0.15, 0.2) is 53.4 Å². The lowest BCUT2D eigenvalue weighted by molar-refractivity contribution is -0.0494. The third-order valence-corrected chi connectivity index (χ3v) is 7.55. The molecule has 0 aliphatic heterocycles. The molecule has 9 heteroatoms. The fraction of sp³-hybridized carbons (Fsp3) is 0.240. The number of fused-ring (bicyclic) bond motifs is 1. The average molecular weight is 523 g/mol. The number of nitrogens with zero attached hydrogens (tertiary/aromatic N) is 1. The third-order valence-electron chi connectivity index (χ3n) is 5.66. The monoisotopic (exact) mass is 522 g/mol. The van der Waals surface area contributed by atoms with Crippen LogP contribution in [0.25, 0.3) is 22.2 Å². The number of hydrogen-bond donors (Lipinski definition) is 1. The molecule has 0 atom stereocenters. The quantitative estimate of drug-likeness (QED) is 0.236. The summed E-state index contributed by atoms with van der Waals surface area (Å²) in [6.07, 6.45) is 2.76. The first-order chi connectivity index (χ1) is 16.4. The lowest BCUT2D eigenvalue weighted by Crippen LogP contribution is -2.03. The Morgan fingerprint density at radius 3 is 2.65 bits per heavy atom. The molecule has 176 valence electrons. The van der Waals surface area contributed by atoms with E-state index < -0.39 is 6.61 Å². The second-order valence-corrected chi connectivity index (χ2v) is 10.1. The summed E-state index contributed by atoms with van der Waals surface area (Å²) in [6, 6.07) is 13.2. The molecule has 0 unspecified atom stereocenters. The largest absolute Gasteiger partial charge is 0.434 e. The SMILES string of the molecule is Fc1cc(SCC2CC2)ccc1Cc1nc2c(Cl)c(-c3ccccc3OC(F)F)c(Cl)cc2[nH]1. The molecule has 0 amide bonds. The Kier molecular flexibility index (Phi) is 6.69. The van der Waals surface area contributed by atoms with E-state index in [0.717, 1.165) is 16.6 Å². The first-order valence-electron chi connectivity index (χ1n) is 10.7. The second kappa shape index (κ2) is 9.72. The zero-order valence-corrected chi connectivity index (χ0v) is 20.1. The van der Waals surface area contributed by atoms with E-state index in [1.54, 1.807) is 48.2 Å². The summed E-state index contributed by atoms with van der Waals surface area (Å²) < 4.78 is 45.1. The highest BCUT2D eigenvalue weighted by molar-refractivity contribution is 7.99. The number of aromatic nitrogens is 2. The van der Waals surface area contributed by atoms with Crippen LogP contribution in [0.3, 0.4) is 0 Å². The summed E-state index contributed by atoms with van der Waals surface area (Å²) in [5.41, 5.74) is 2.16. The molecule has 1 aromatic heterocycles. The maximum Gasteiger partial charge on any atom is 0.387 e. The van der Waals surface area contributed by atoms with Gasteiger partial charge in [-0.3, -0.25) is 0 Å². The van der Waals surface area contributed by atoms with Gasteiger partial charge in [-0.2, -0.15) is 8.78 Å². The Hall–Kier alpha value is -2.35. The minimum atomic E-state index is -2.99. The molecule has 3 aromatic carbocycles. The van der Waals surface area contributed by atoms with Crippen LogP contribution in [0, 0.1) is 11.7 Å². The zero-order chi connectivity index (χ0) is 23.8. The molecule has 4 aromatic rings. The van der Waals surface area contributed by atoms with E-state index in [0.29, 0.717) is 33.5 Å². The lowest BCUT2D eigenvalue weighted by atomic mass is 10.0. The maximum atomic E-state index is 14.7. The molecule has 0 bridgehead atoms. The van der Waals surface area contributed by atoms with Gasteiger partial charge in [0.05, 0.1) is 15.6 Å². The Morgan fingerprint density at radius 2 is 1.91 bits per heavy atom. The van der Waals surface area contributed by atoms with Gasteiger partial charge in [0.1, 0.15) is 22.9 Å². The second-order valence-electron chi connectivity index (χ2n) is 8.19. The van der Waals surface area contributed by atoms with Gasteiger partial charge in [0.2, 0.25) is 0 Å². The first kappa shape index (κ1) is 23.4. The number of ether oxygens (including phenoxy) is 1. The van der Waals surface area contributed by atoms with Crippen molar-refractivity contribution in [1.29, 1.82) is 0 Å². The minimum Gasteiger partial charge on any atom is -0.434 e. The number of aromatic amines is 1. The highest BCUT2D eigenvalue weighted by Gasteiger charge is 2.22. The van der Waals surface area contributed by atoms with Crippen molar-refractivity contribution in [2.75, 3.05) is 5.75 Å². The van der Waals surface area contributed by atoms with Crippen molar-refractivity contribution in [3.8, 4) is 16.9 Å². The van der Waals surface area contributed by atoms with Crippen LogP contribution in [-0.4, -0.2) is 22.3 Å². The van der Waals surface area contributed by atoms with Gasteiger partial charge in [-0.25, -0.2) is 9.37 Å². The standard InChI is InChI=1S/C25H19Cl2F3N2OS/c26-17-11-19-24(23(27)22(17)16-3-1-2-4-20(16)33-25(29)30)32-21(31-19)9-14-7-8-15(10-18(14)28)34-12-13-5-6-13/h1-4,7-8,10-11,13,25H,5-6,9,12H2,(H,31,32). The average Bonchev–Trinajstić information content (AvgIpc) is 3.53. The number of halogens is 5. The lowest BCUT2D eigenvalue weighted by Gasteiger charge is -2.13. The van der Waals surface area contributed by atoms with Gasteiger partial charge in [-0.1, -0.05) is 47.5 Å². The summed E-state index contributed by atoms with van der Waals surface area (Å²) in [4.78, 5) is 8.61. The molecule has 1 aliphatic rings. The molecule has 1 saturated carbocycles. The maximum absolute atomic E-state index is 14.7. The van der Waals surface area contributed by atoms with Crippen molar-refractivity contribution in [1.82, 2.24) is 9.97 Å². The smallest absolute Gasteiger partial charge is 0.387 e. The molecular weight excluding hydrogens is 504 g/mol. The predicted molar refractivity (Wildman–Crippen MR) is 131 cm³/mol. The fourth-order valence-electron chi connectivity index (χ4n) is 3.77. The Balaban J connectivity index is 1.45. The minimum absolute atomic E-state index is 0.0434. The van der Waals surface area contributed by atoms with Gasteiger partial charge < -0.3 is 9.72 Å². The Bertz CT molecular complexity index is 1360. The summed E-state index contributed by atoms with van der Waals surface area (Å²) in [7, 11) is 0. The van der Waals surface area contributed by atoms with E-state index in [9.17, 15) is 13.2 Å². The van der Waals surface area contributed by atoms with Crippen LogP contribution in [-0.2, 0) is 6.42 Å².